The van der Waals surface area contributed by atoms with Gasteiger partial charge in [-0.3, -0.25) is 0 Å². The highest BCUT2D eigenvalue weighted by Gasteiger charge is 2.05. The topological polar surface area (TPSA) is 41.1 Å². The Morgan fingerprint density at radius 1 is 1.41 bits per heavy atom. The molecule has 0 saturated carbocycles. The summed E-state index contributed by atoms with van der Waals surface area (Å²) in [6.45, 7) is 6.98. The van der Waals surface area contributed by atoms with Crippen molar-refractivity contribution in [3.63, 3.8) is 0 Å². The van der Waals surface area contributed by atoms with E-state index in [1.54, 1.807) is 0 Å². The van der Waals surface area contributed by atoms with E-state index in [9.17, 15) is 4.79 Å². The van der Waals surface area contributed by atoms with Crippen LogP contribution >= 0.6 is 15.9 Å². The molecule has 1 aromatic rings. The van der Waals surface area contributed by atoms with Gasteiger partial charge in [-0.2, -0.15) is 0 Å². The van der Waals surface area contributed by atoms with Gasteiger partial charge in [0.05, 0.1) is 5.69 Å². The molecule has 0 bridgehead atoms. The third-order valence-electron chi connectivity index (χ3n) is 2.38. The van der Waals surface area contributed by atoms with Crippen LogP contribution in [0.25, 0.3) is 0 Å². The SMILES string of the molecule is Cc1ccc(NC(=O)NCCC(C)C)c(Br)c1. The minimum Gasteiger partial charge on any atom is -0.338 e. The Bertz CT molecular complexity index is 391. The van der Waals surface area contributed by atoms with Crippen molar-refractivity contribution in [2.24, 2.45) is 5.92 Å². The molecule has 1 aromatic carbocycles. The highest BCUT2D eigenvalue weighted by molar-refractivity contribution is 9.10. The van der Waals surface area contributed by atoms with Crippen molar-refractivity contribution >= 4 is 27.6 Å². The van der Waals surface area contributed by atoms with Gasteiger partial charge in [0.2, 0.25) is 0 Å². The molecule has 0 heterocycles. The van der Waals surface area contributed by atoms with Crippen LogP contribution in [-0.4, -0.2) is 12.6 Å². The number of carbonyl (C=O) groups is 1. The molecule has 2 N–H and O–H groups in total. The van der Waals surface area contributed by atoms with E-state index in [-0.39, 0.29) is 6.03 Å². The number of anilines is 1. The molecule has 0 unspecified atom stereocenters. The van der Waals surface area contributed by atoms with Crippen LogP contribution in [0.5, 0.6) is 0 Å². The van der Waals surface area contributed by atoms with Gasteiger partial charge in [-0.25, -0.2) is 4.79 Å². The number of aryl methyl sites for hydroxylation is 1. The molecule has 0 aliphatic heterocycles. The van der Waals surface area contributed by atoms with E-state index in [2.05, 4.69) is 40.4 Å². The summed E-state index contributed by atoms with van der Waals surface area (Å²) in [6.07, 6.45) is 0.989. The molecule has 0 aliphatic rings. The van der Waals surface area contributed by atoms with Crippen molar-refractivity contribution in [2.75, 3.05) is 11.9 Å². The van der Waals surface area contributed by atoms with Gasteiger partial charge in [-0.1, -0.05) is 19.9 Å². The Labute approximate surface area is 111 Å². The van der Waals surface area contributed by atoms with Gasteiger partial charge in [0.1, 0.15) is 0 Å². The van der Waals surface area contributed by atoms with Crippen LogP contribution in [-0.2, 0) is 0 Å². The van der Waals surface area contributed by atoms with Crippen LogP contribution in [0.15, 0.2) is 22.7 Å². The second kappa shape index (κ2) is 6.64. The summed E-state index contributed by atoms with van der Waals surface area (Å²) in [4.78, 5) is 11.6. The Morgan fingerprint density at radius 3 is 2.71 bits per heavy atom. The van der Waals surface area contributed by atoms with Crippen molar-refractivity contribution in [1.82, 2.24) is 5.32 Å². The normalized spacial score (nSPS) is 10.4. The lowest BCUT2D eigenvalue weighted by molar-refractivity contribution is 0.251. The molecule has 0 spiro atoms. The standard InChI is InChI=1S/C13H19BrN2O/c1-9(2)6-7-15-13(17)16-12-5-4-10(3)8-11(12)14/h4-5,8-9H,6-7H2,1-3H3,(H2,15,16,17). The fraction of sp³-hybridized carbons (Fsp3) is 0.462. The number of urea groups is 1. The van der Waals surface area contributed by atoms with Crippen LogP contribution < -0.4 is 10.6 Å². The third-order valence-corrected chi connectivity index (χ3v) is 3.04. The van der Waals surface area contributed by atoms with Crippen LogP contribution in [0.3, 0.4) is 0 Å². The zero-order valence-electron chi connectivity index (χ0n) is 10.5. The van der Waals surface area contributed by atoms with Gasteiger partial charge in [0, 0.05) is 11.0 Å². The first-order valence-electron chi connectivity index (χ1n) is 5.80. The maximum absolute atomic E-state index is 11.6. The second-order valence-electron chi connectivity index (χ2n) is 4.55. The fourth-order valence-corrected chi connectivity index (χ4v) is 1.95. The van der Waals surface area contributed by atoms with E-state index in [0.717, 1.165) is 22.1 Å². The Morgan fingerprint density at radius 2 is 2.12 bits per heavy atom. The average Bonchev–Trinajstić information content (AvgIpc) is 2.21. The molecule has 0 radical (unpaired) electrons. The van der Waals surface area contributed by atoms with Gasteiger partial charge in [-0.05, 0) is 52.9 Å². The number of carbonyl (C=O) groups excluding carboxylic acids is 1. The molecular weight excluding hydrogens is 280 g/mol. The largest absolute Gasteiger partial charge is 0.338 e. The van der Waals surface area contributed by atoms with Gasteiger partial charge in [0.25, 0.3) is 0 Å². The first-order chi connectivity index (χ1) is 7.99. The molecule has 94 valence electrons. The summed E-state index contributed by atoms with van der Waals surface area (Å²) in [7, 11) is 0. The van der Waals surface area contributed by atoms with E-state index in [1.165, 1.54) is 0 Å². The number of halogens is 1. The van der Waals surface area contributed by atoms with Crippen molar-refractivity contribution in [2.45, 2.75) is 27.2 Å². The molecule has 0 atom stereocenters. The van der Waals surface area contributed by atoms with E-state index < -0.39 is 0 Å². The second-order valence-corrected chi connectivity index (χ2v) is 5.40. The molecule has 1 rings (SSSR count). The van der Waals surface area contributed by atoms with Gasteiger partial charge >= 0.3 is 6.03 Å². The lowest BCUT2D eigenvalue weighted by Gasteiger charge is -2.10. The van der Waals surface area contributed by atoms with Crippen molar-refractivity contribution < 1.29 is 4.79 Å². The monoisotopic (exact) mass is 298 g/mol. The van der Waals surface area contributed by atoms with Gasteiger partial charge < -0.3 is 10.6 Å². The third kappa shape index (κ3) is 5.22. The smallest absolute Gasteiger partial charge is 0.319 e. The maximum atomic E-state index is 11.6. The van der Waals surface area contributed by atoms with Gasteiger partial charge in [0.15, 0.2) is 0 Å². The van der Waals surface area contributed by atoms with Crippen LogP contribution in [0.1, 0.15) is 25.8 Å². The van der Waals surface area contributed by atoms with Crippen LogP contribution in [0.4, 0.5) is 10.5 Å². The van der Waals surface area contributed by atoms with E-state index in [1.807, 2.05) is 25.1 Å². The average molecular weight is 299 g/mol. The predicted octanol–water partition coefficient (Wildman–Crippen LogP) is 3.93. The Balaban J connectivity index is 2.45. The molecular formula is C13H19BrN2O. The highest BCUT2D eigenvalue weighted by Crippen LogP contribution is 2.23. The molecule has 17 heavy (non-hydrogen) atoms. The lowest BCUT2D eigenvalue weighted by atomic mass is 10.1. The Kier molecular flexibility index (Phi) is 5.48. The molecule has 0 aliphatic carbocycles. The van der Waals surface area contributed by atoms with Crippen molar-refractivity contribution in [3.8, 4) is 0 Å². The minimum atomic E-state index is -0.157. The number of hydrogen-bond donors (Lipinski definition) is 2. The van der Waals surface area contributed by atoms with E-state index in [4.69, 9.17) is 0 Å². The minimum absolute atomic E-state index is 0.157. The molecule has 4 heteroatoms. The maximum Gasteiger partial charge on any atom is 0.319 e. The molecule has 0 saturated heterocycles. The van der Waals surface area contributed by atoms with E-state index >= 15 is 0 Å². The molecule has 0 fully saturated rings. The molecule has 0 aromatic heterocycles. The summed E-state index contributed by atoms with van der Waals surface area (Å²) in [6, 6.07) is 5.68. The molecule has 2 amide bonds. The number of hydrogen-bond acceptors (Lipinski definition) is 1. The summed E-state index contributed by atoms with van der Waals surface area (Å²) < 4.78 is 0.900. The summed E-state index contributed by atoms with van der Waals surface area (Å²) in [5.74, 6) is 0.599. The van der Waals surface area contributed by atoms with Gasteiger partial charge in [-0.15, -0.1) is 0 Å². The summed E-state index contributed by atoms with van der Waals surface area (Å²) in [5, 5.41) is 5.65. The number of nitrogens with one attached hydrogen (secondary N) is 2. The number of benzene rings is 1. The van der Waals surface area contributed by atoms with E-state index in [0.29, 0.717) is 12.5 Å². The first kappa shape index (κ1) is 14.0. The zero-order chi connectivity index (χ0) is 12.8. The first-order valence-corrected chi connectivity index (χ1v) is 6.59. The van der Waals surface area contributed by atoms with Crippen LogP contribution in [0, 0.1) is 12.8 Å². The van der Waals surface area contributed by atoms with Crippen molar-refractivity contribution in [1.29, 1.82) is 0 Å². The highest BCUT2D eigenvalue weighted by atomic mass is 79.9. The Hall–Kier alpha value is -1.03. The number of amides is 2. The molecule has 3 nitrogen and oxygen atoms in total. The zero-order valence-corrected chi connectivity index (χ0v) is 12.1. The quantitative estimate of drug-likeness (QED) is 0.869. The summed E-state index contributed by atoms with van der Waals surface area (Å²) >= 11 is 3.42. The summed E-state index contributed by atoms with van der Waals surface area (Å²) in [5.41, 5.74) is 1.94. The lowest BCUT2D eigenvalue weighted by Crippen LogP contribution is -2.30. The van der Waals surface area contributed by atoms with Crippen molar-refractivity contribution in [3.05, 3.63) is 28.2 Å². The fourth-order valence-electron chi connectivity index (χ4n) is 1.36. The van der Waals surface area contributed by atoms with Crippen LogP contribution in [0.2, 0.25) is 0 Å². The predicted molar refractivity (Wildman–Crippen MR) is 75.4 cm³/mol. The number of rotatable bonds is 4.